The Morgan fingerprint density at radius 2 is 2.14 bits per heavy atom. The molecule has 7 heteroatoms. The normalized spacial score (nSPS) is 10.5. The number of nitrogens with one attached hydrogen (secondary N) is 1. The Balaban J connectivity index is 2.09. The first kappa shape index (κ1) is 13.2. The molecule has 0 spiro atoms. The summed E-state index contributed by atoms with van der Waals surface area (Å²) >= 11 is 1.47. The molecule has 0 atom stereocenters. The van der Waals surface area contributed by atoms with E-state index in [0.717, 1.165) is 15.8 Å². The molecule has 1 N–H and O–H groups in total. The van der Waals surface area contributed by atoms with Crippen LogP contribution in [0.5, 0.6) is 0 Å². The third kappa shape index (κ3) is 2.34. The quantitative estimate of drug-likeness (QED) is 0.582. The van der Waals surface area contributed by atoms with E-state index in [0.29, 0.717) is 11.5 Å². The van der Waals surface area contributed by atoms with Crippen LogP contribution < -0.4 is 5.32 Å². The Bertz CT molecular complexity index is 844. The number of hydrogen-bond donors (Lipinski definition) is 1. The highest BCUT2D eigenvalue weighted by Crippen LogP contribution is 2.33. The fourth-order valence-corrected chi connectivity index (χ4v) is 2.92. The van der Waals surface area contributed by atoms with Crippen LogP contribution in [0.2, 0.25) is 0 Å². The predicted octanol–water partition coefficient (Wildman–Crippen LogP) is 3.99. The Kier molecular flexibility index (Phi) is 3.33. The zero-order valence-electron chi connectivity index (χ0n) is 10.8. The van der Waals surface area contributed by atoms with Crippen LogP contribution in [-0.2, 0) is 0 Å². The summed E-state index contributed by atoms with van der Waals surface area (Å²) in [5.74, 6) is 0.549. The van der Waals surface area contributed by atoms with Crippen molar-refractivity contribution in [1.29, 1.82) is 0 Å². The van der Waals surface area contributed by atoms with Gasteiger partial charge in [-0.1, -0.05) is 24.8 Å². The average molecular weight is 298 g/mol. The second-order valence-corrected chi connectivity index (χ2v) is 5.07. The van der Waals surface area contributed by atoms with Crippen LogP contribution in [0.1, 0.15) is 5.56 Å². The minimum atomic E-state index is -0.426. The maximum Gasteiger partial charge on any atom is 0.292 e. The van der Waals surface area contributed by atoms with E-state index in [9.17, 15) is 10.1 Å². The van der Waals surface area contributed by atoms with Gasteiger partial charge in [-0.2, -0.15) is 0 Å². The maximum atomic E-state index is 11.0. The van der Waals surface area contributed by atoms with Crippen molar-refractivity contribution in [2.24, 2.45) is 0 Å². The number of para-hydroxylation sites is 2. The molecule has 3 aromatic rings. The molecule has 2 heterocycles. The van der Waals surface area contributed by atoms with E-state index in [1.54, 1.807) is 24.3 Å². The van der Waals surface area contributed by atoms with Gasteiger partial charge in [0.15, 0.2) is 5.82 Å². The highest BCUT2D eigenvalue weighted by Gasteiger charge is 2.15. The number of aromatic nitrogens is 2. The third-order valence-electron chi connectivity index (χ3n) is 2.95. The number of rotatable bonds is 4. The van der Waals surface area contributed by atoms with Gasteiger partial charge in [0, 0.05) is 17.0 Å². The van der Waals surface area contributed by atoms with Crippen molar-refractivity contribution in [3.05, 3.63) is 58.2 Å². The van der Waals surface area contributed by atoms with Crippen molar-refractivity contribution in [3.63, 3.8) is 0 Å². The lowest BCUT2D eigenvalue weighted by molar-refractivity contribution is -0.383. The molecule has 0 radical (unpaired) electrons. The molecule has 0 fully saturated rings. The van der Waals surface area contributed by atoms with Crippen molar-refractivity contribution in [1.82, 2.24) is 9.97 Å². The van der Waals surface area contributed by atoms with E-state index in [2.05, 4.69) is 21.9 Å². The topological polar surface area (TPSA) is 81.0 Å². The molecule has 0 aliphatic rings. The number of fused-ring (bicyclic) bond motifs is 1. The summed E-state index contributed by atoms with van der Waals surface area (Å²) in [7, 11) is 0. The average Bonchev–Trinajstić information content (AvgIpc) is 2.92. The lowest BCUT2D eigenvalue weighted by atomic mass is 10.2. The first-order valence-electron chi connectivity index (χ1n) is 6.06. The Morgan fingerprint density at radius 1 is 1.33 bits per heavy atom. The van der Waals surface area contributed by atoms with Gasteiger partial charge in [0.05, 0.1) is 15.1 Å². The molecule has 104 valence electrons. The first-order valence-corrected chi connectivity index (χ1v) is 6.93. The SMILES string of the molecule is C=Cc1csc2c(Nc3ccccc3[N+](=O)[O-])ncnc12. The van der Waals surface area contributed by atoms with E-state index >= 15 is 0 Å². The van der Waals surface area contributed by atoms with Crippen molar-refractivity contribution in [2.75, 3.05) is 5.32 Å². The van der Waals surface area contributed by atoms with Gasteiger partial charge in [-0.25, -0.2) is 9.97 Å². The van der Waals surface area contributed by atoms with E-state index < -0.39 is 4.92 Å². The minimum absolute atomic E-state index is 0.00441. The van der Waals surface area contributed by atoms with E-state index in [1.165, 1.54) is 23.7 Å². The molecule has 0 amide bonds. The first-order chi connectivity index (χ1) is 10.2. The van der Waals surface area contributed by atoms with E-state index in [4.69, 9.17) is 0 Å². The monoisotopic (exact) mass is 298 g/mol. The van der Waals surface area contributed by atoms with Crippen LogP contribution in [0, 0.1) is 10.1 Å². The standard InChI is InChI=1S/C14H10N4O2S/c1-2-9-7-21-13-12(9)15-8-16-14(13)17-10-5-3-4-6-11(10)18(19)20/h2-8H,1H2,(H,15,16,17). The van der Waals surface area contributed by atoms with E-state index in [1.807, 2.05) is 5.38 Å². The van der Waals surface area contributed by atoms with Gasteiger partial charge in [0.25, 0.3) is 5.69 Å². The van der Waals surface area contributed by atoms with Crippen LogP contribution in [0.3, 0.4) is 0 Å². The second kappa shape index (κ2) is 5.29. The number of benzene rings is 1. The van der Waals surface area contributed by atoms with Crippen LogP contribution in [0.25, 0.3) is 16.3 Å². The summed E-state index contributed by atoms with van der Waals surface area (Å²) in [6, 6.07) is 6.45. The van der Waals surface area contributed by atoms with Crippen molar-refractivity contribution < 1.29 is 4.92 Å². The van der Waals surface area contributed by atoms with Gasteiger partial charge in [-0.15, -0.1) is 11.3 Å². The highest BCUT2D eigenvalue weighted by molar-refractivity contribution is 7.18. The Morgan fingerprint density at radius 3 is 2.90 bits per heavy atom. The Hall–Kier alpha value is -2.80. The van der Waals surface area contributed by atoms with Gasteiger partial charge in [-0.05, 0) is 6.07 Å². The molecular formula is C14H10N4O2S. The molecule has 3 rings (SSSR count). The third-order valence-corrected chi connectivity index (χ3v) is 3.95. The molecular weight excluding hydrogens is 288 g/mol. The largest absolute Gasteiger partial charge is 0.333 e. The summed E-state index contributed by atoms with van der Waals surface area (Å²) in [6.07, 6.45) is 3.15. The number of hydrogen-bond acceptors (Lipinski definition) is 6. The molecule has 0 bridgehead atoms. The van der Waals surface area contributed by atoms with Gasteiger partial charge in [0.1, 0.15) is 12.0 Å². The number of anilines is 2. The van der Waals surface area contributed by atoms with Gasteiger partial charge in [-0.3, -0.25) is 10.1 Å². The molecule has 0 aliphatic carbocycles. The fraction of sp³-hybridized carbons (Fsp3) is 0. The van der Waals surface area contributed by atoms with Crippen molar-refractivity contribution in [3.8, 4) is 0 Å². The number of nitro benzene ring substituents is 1. The smallest absolute Gasteiger partial charge is 0.292 e. The van der Waals surface area contributed by atoms with E-state index in [-0.39, 0.29) is 5.69 Å². The number of nitro groups is 1. The molecule has 6 nitrogen and oxygen atoms in total. The molecule has 0 aliphatic heterocycles. The van der Waals surface area contributed by atoms with Crippen molar-refractivity contribution >= 4 is 44.8 Å². The molecule has 2 aromatic heterocycles. The molecule has 0 saturated carbocycles. The summed E-state index contributed by atoms with van der Waals surface area (Å²) < 4.78 is 0.838. The molecule has 1 aromatic carbocycles. The minimum Gasteiger partial charge on any atom is -0.333 e. The predicted molar refractivity (Wildman–Crippen MR) is 83.9 cm³/mol. The summed E-state index contributed by atoms with van der Waals surface area (Å²) in [5.41, 5.74) is 2.11. The Labute approximate surface area is 123 Å². The zero-order valence-corrected chi connectivity index (χ0v) is 11.6. The summed E-state index contributed by atoms with van der Waals surface area (Å²) in [4.78, 5) is 19.0. The van der Waals surface area contributed by atoms with Crippen LogP contribution >= 0.6 is 11.3 Å². The number of nitrogens with zero attached hydrogens (tertiary/aromatic N) is 3. The lowest BCUT2D eigenvalue weighted by Gasteiger charge is -2.06. The summed E-state index contributed by atoms with van der Waals surface area (Å²) in [6.45, 7) is 3.74. The van der Waals surface area contributed by atoms with Gasteiger partial charge < -0.3 is 5.32 Å². The van der Waals surface area contributed by atoms with Gasteiger partial charge in [0.2, 0.25) is 0 Å². The van der Waals surface area contributed by atoms with Gasteiger partial charge >= 0.3 is 0 Å². The lowest BCUT2D eigenvalue weighted by Crippen LogP contribution is -1.98. The van der Waals surface area contributed by atoms with Crippen LogP contribution in [0.15, 0.2) is 42.6 Å². The highest BCUT2D eigenvalue weighted by atomic mass is 32.1. The van der Waals surface area contributed by atoms with Crippen LogP contribution in [0.4, 0.5) is 17.2 Å². The van der Waals surface area contributed by atoms with Crippen LogP contribution in [-0.4, -0.2) is 14.9 Å². The fourth-order valence-electron chi connectivity index (χ4n) is 1.97. The maximum absolute atomic E-state index is 11.0. The van der Waals surface area contributed by atoms with Crippen molar-refractivity contribution in [2.45, 2.75) is 0 Å². The molecule has 0 saturated heterocycles. The second-order valence-electron chi connectivity index (χ2n) is 4.19. The molecule has 0 unspecified atom stereocenters. The molecule has 21 heavy (non-hydrogen) atoms. The zero-order chi connectivity index (χ0) is 14.8. The summed E-state index contributed by atoms with van der Waals surface area (Å²) in [5, 5.41) is 16.0. The number of thiophene rings is 1.